The molecule has 0 saturated carbocycles. The van der Waals surface area contributed by atoms with E-state index in [4.69, 9.17) is 96.7 Å². The molecule has 8 heterocycles. The second-order valence-electron chi connectivity index (χ2n) is 35.7. The molecular formula is C97H132N16O20. The number of anilines is 4. The highest BCUT2D eigenvalue weighted by Crippen LogP contribution is 2.38. The number of aromatic nitrogens is 12. The highest BCUT2D eigenvalue weighted by molar-refractivity contribution is 6.13. The Morgan fingerprint density at radius 2 is 0.489 bits per heavy atom. The van der Waals surface area contributed by atoms with Gasteiger partial charge in [-0.3, -0.25) is 19.2 Å². The maximum Gasteiger partial charge on any atom is 0.225 e. The van der Waals surface area contributed by atoms with Crippen molar-refractivity contribution in [2.75, 3.05) is 153 Å². The number of imidazole rings is 4. The van der Waals surface area contributed by atoms with Crippen LogP contribution in [0.4, 0.5) is 23.3 Å². The van der Waals surface area contributed by atoms with E-state index >= 15 is 0 Å². The Morgan fingerprint density at radius 1 is 0.286 bits per heavy atom. The zero-order valence-electron chi connectivity index (χ0n) is 78.9. The number of ether oxygens (including phenoxy) is 12. The average molecular weight is 1840 g/mol. The third-order valence-electron chi connectivity index (χ3n) is 21.5. The Labute approximate surface area is 774 Å². The molecule has 133 heavy (non-hydrogen) atoms. The summed E-state index contributed by atoms with van der Waals surface area (Å²) in [5, 5.41) is 59.5. The minimum Gasteiger partial charge on any atom is -0.389 e. The molecule has 36 nitrogen and oxygen atoms in total. The molecule has 0 unspecified atom stereocenters. The smallest absolute Gasteiger partial charge is 0.225 e. The number of rotatable bonds is 60. The SMILES string of the molecule is CCOCc1nc2c(NC(=O)CCCOCCOCC(COCCOCCCC(=O)Nc3nc4ccccc4c4c3nc(COCC)n4CC(C)(C)O)(COCCOCCCC(=O)Nc3nc4ccccc4c4c3nc(COCC)n4CC(C)(C)O)COCCOCCCC(=O)Nc3nc4ccccc4c4c3nc(COCC)n4CC(C)(C)O)nc3ccccc3c2n1CC(C)(C)O. The van der Waals surface area contributed by atoms with Crippen molar-refractivity contribution in [2.24, 2.45) is 5.41 Å². The van der Waals surface area contributed by atoms with Gasteiger partial charge in [0.2, 0.25) is 23.6 Å². The van der Waals surface area contributed by atoms with Crippen molar-refractivity contribution < 1.29 is 96.4 Å². The van der Waals surface area contributed by atoms with Crippen LogP contribution in [0.5, 0.6) is 0 Å². The minimum atomic E-state index is -1.10. The van der Waals surface area contributed by atoms with Crippen LogP contribution in [0.2, 0.25) is 0 Å². The van der Waals surface area contributed by atoms with Crippen LogP contribution >= 0.6 is 0 Å². The Morgan fingerprint density at radius 3 is 0.692 bits per heavy atom. The lowest BCUT2D eigenvalue weighted by molar-refractivity contribution is -0.122. The quantitative estimate of drug-likeness (QED) is 0.0164. The monoisotopic (exact) mass is 1840 g/mol. The molecule has 0 radical (unpaired) electrons. The maximum atomic E-state index is 13.8. The standard InChI is InChI=1S/C97H132N16O20/c1-13-122-53-73-102-81-85(110(73)57-93(5,6)118)65-29-17-21-33-69(65)98-89(81)106-77(114)37-25-41-126-45-49-130-61-97(62-131-50-46-127-42-26-38-78(115)107-90-82-86(66-30-18-22-34-70(66)99-90)111(58-94(7,8)119)74(103-82)54-123-14-2,63-132-51-47-128-43-27-39-79(116)108-91-83-87(67-31-19-23-35-71(67)100-91)112(59-95(9,10)120)75(104-83)55-124-15-3)64-133-52-48-129-44-28-40-80(117)109-92-84-88(68-32-20-24-36-72(68)101-92)113(60-96(11,12)121)76(105-84)56-125-16-4/h17-24,29-36,118-121H,13-16,25-28,37-64H2,1-12H3,(H,98,106,114)(H,99,107,115)(H,100,108,116)(H,101,109,117). The summed E-state index contributed by atoms with van der Waals surface area (Å²) >= 11 is 0. The molecule has 36 heteroatoms. The molecule has 12 aromatic rings. The van der Waals surface area contributed by atoms with Crippen LogP contribution in [0.3, 0.4) is 0 Å². The number of amides is 4. The fourth-order valence-electron chi connectivity index (χ4n) is 15.7. The molecule has 4 amide bonds. The molecule has 4 aromatic carbocycles. The first kappa shape index (κ1) is 102. The second kappa shape index (κ2) is 48.2. The van der Waals surface area contributed by atoms with Gasteiger partial charge in [0.05, 0.1) is 177 Å². The molecule has 0 bridgehead atoms. The fraction of sp³-hybridized carbons (Fsp3) is 0.546. The van der Waals surface area contributed by atoms with Gasteiger partial charge in [0.1, 0.15) is 71.8 Å². The summed E-state index contributed by atoms with van der Waals surface area (Å²) in [6.07, 6.45) is 1.90. The predicted molar refractivity (Wildman–Crippen MR) is 507 cm³/mol. The molecule has 0 fully saturated rings. The van der Waals surface area contributed by atoms with E-state index in [1.165, 1.54) is 0 Å². The van der Waals surface area contributed by atoms with Crippen molar-refractivity contribution in [3.8, 4) is 0 Å². The van der Waals surface area contributed by atoms with E-state index < -0.39 is 27.8 Å². The number of nitrogens with zero attached hydrogens (tertiary/aromatic N) is 12. The highest BCUT2D eigenvalue weighted by atomic mass is 16.6. The lowest BCUT2D eigenvalue weighted by atomic mass is 9.92. The summed E-state index contributed by atoms with van der Waals surface area (Å²) in [4.78, 5) is 94.2. The van der Waals surface area contributed by atoms with Crippen molar-refractivity contribution in [3.63, 3.8) is 0 Å². The zero-order chi connectivity index (χ0) is 94.7. The number of para-hydroxylation sites is 4. The summed E-state index contributed by atoms with van der Waals surface area (Å²) in [5.74, 6) is 2.39. The number of fused-ring (bicyclic) bond motifs is 12. The van der Waals surface area contributed by atoms with Crippen LogP contribution in [0.1, 0.15) is 158 Å². The fourth-order valence-corrected chi connectivity index (χ4v) is 15.7. The molecule has 0 aliphatic heterocycles. The van der Waals surface area contributed by atoms with E-state index in [1.807, 2.05) is 143 Å². The Hall–Kier alpha value is -10.4. The third-order valence-corrected chi connectivity index (χ3v) is 21.5. The number of hydrogen-bond donors (Lipinski definition) is 8. The Bertz CT molecular complexity index is 5160. The van der Waals surface area contributed by atoms with Crippen LogP contribution in [0.15, 0.2) is 97.1 Å². The molecule has 8 N–H and O–H groups in total. The third kappa shape index (κ3) is 28.9. The van der Waals surface area contributed by atoms with Crippen molar-refractivity contribution >= 4 is 135 Å². The van der Waals surface area contributed by atoms with E-state index in [0.717, 1.165) is 43.6 Å². The topological polar surface area (TPSA) is 431 Å². The van der Waals surface area contributed by atoms with E-state index in [1.54, 1.807) is 55.4 Å². The number of hydrogen-bond acceptors (Lipinski definition) is 28. The first-order valence-electron chi connectivity index (χ1n) is 46.1. The molecule has 0 aliphatic rings. The lowest BCUT2D eigenvalue weighted by Crippen LogP contribution is -2.43. The molecule has 12 rings (SSSR count). The van der Waals surface area contributed by atoms with E-state index in [9.17, 15) is 39.6 Å². The van der Waals surface area contributed by atoms with Crippen molar-refractivity contribution in [3.05, 3.63) is 120 Å². The summed E-state index contributed by atoms with van der Waals surface area (Å²) in [7, 11) is 0. The van der Waals surface area contributed by atoms with Gasteiger partial charge in [-0.2, -0.15) is 0 Å². The molecule has 0 aliphatic carbocycles. The molecule has 0 spiro atoms. The van der Waals surface area contributed by atoms with Crippen molar-refractivity contribution in [2.45, 2.75) is 209 Å². The first-order chi connectivity index (χ1) is 63.9. The summed E-state index contributed by atoms with van der Waals surface area (Å²) < 4.78 is 81.2. The van der Waals surface area contributed by atoms with Gasteiger partial charge >= 0.3 is 0 Å². The second-order valence-corrected chi connectivity index (χ2v) is 35.7. The number of nitrogens with one attached hydrogen (secondary N) is 4. The van der Waals surface area contributed by atoms with Crippen LogP contribution < -0.4 is 21.3 Å². The Balaban J connectivity index is 0.694. The van der Waals surface area contributed by atoms with Gasteiger partial charge in [0, 0.05) is 100 Å². The number of pyridine rings is 4. The van der Waals surface area contributed by atoms with E-state index in [2.05, 4.69) is 21.3 Å². The number of aliphatic hydroxyl groups is 4. The van der Waals surface area contributed by atoms with Crippen molar-refractivity contribution in [1.82, 2.24) is 58.1 Å². The van der Waals surface area contributed by atoms with Crippen LogP contribution in [0, 0.1) is 5.41 Å². The normalized spacial score (nSPS) is 12.6. The minimum absolute atomic E-state index is 0.0648. The maximum absolute atomic E-state index is 13.8. The molecule has 8 aromatic heterocycles. The van der Waals surface area contributed by atoms with Crippen LogP contribution in [-0.2, 0) is 129 Å². The molecule has 720 valence electrons. The van der Waals surface area contributed by atoms with Gasteiger partial charge < -0.3 is 117 Å². The van der Waals surface area contributed by atoms with Crippen LogP contribution in [-0.4, -0.2) is 257 Å². The first-order valence-corrected chi connectivity index (χ1v) is 46.1. The van der Waals surface area contributed by atoms with Gasteiger partial charge in [-0.05, 0) is 133 Å². The van der Waals surface area contributed by atoms with Gasteiger partial charge in [0.25, 0.3) is 0 Å². The molecular weight excluding hydrogens is 1710 g/mol. The van der Waals surface area contributed by atoms with E-state index in [0.29, 0.717) is 143 Å². The summed E-state index contributed by atoms with van der Waals surface area (Å²) in [6, 6.07) is 30.4. The summed E-state index contributed by atoms with van der Waals surface area (Å²) in [5.41, 5.74) is 2.05. The number of benzene rings is 4. The highest BCUT2D eigenvalue weighted by Gasteiger charge is 2.35. The van der Waals surface area contributed by atoms with Crippen molar-refractivity contribution in [1.29, 1.82) is 0 Å². The predicted octanol–water partition coefficient (Wildman–Crippen LogP) is 12.6. The lowest BCUT2D eigenvalue weighted by Gasteiger charge is -2.33. The molecule has 0 saturated heterocycles. The number of carbonyl (C=O) groups excluding carboxylic acids is 4. The number of carbonyl (C=O) groups is 4. The largest absolute Gasteiger partial charge is 0.389 e. The van der Waals surface area contributed by atoms with E-state index in [-0.39, 0.29) is 208 Å². The van der Waals surface area contributed by atoms with Gasteiger partial charge in [-0.1, -0.05) is 72.8 Å². The van der Waals surface area contributed by atoms with Gasteiger partial charge in [0.15, 0.2) is 23.3 Å². The summed E-state index contributed by atoms with van der Waals surface area (Å²) in [6.45, 7) is 27.3. The van der Waals surface area contributed by atoms with Gasteiger partial charge in [-0.25, -0.2) is 39.9 Å². The zero-order valence-corrected chi connectivity index (χ0v) is 78.9. The molecule has 0 atom stereocenters. The average Bonchev–Trinajstić information content (AvgIpc) is 1.69. The van der Waals surface area contributed by atoms with Crippen LogP contribution in [0.25, 0.3) is 87.7 Å². The Kier molecular flexibility index (Phi) is 36.8. The van der Waals surface area contributed by atoms with Gasteiger partial charge in [-0.15, -0.1) is 0 Å².